The maximum atomic E-state index is 13.0. The van der Waals surface area contributed by atoms with Crippen molar-refractivity contribution < 1.29 is 26.4 Å². The molecule has 10 heteroatoms. The van der Waals surface area contributed by atoms with Gasteiger partial charge in [0.2, 0.25) is 15.9 Å². The second-order valence-corrected chi connectivity index (χ2v) is 8.84. The van der Waals surface area contributed by atoms with Crippen LogP contribution in [-0.4, -0.2) is 36.3 Å². The predicted octanol–water partition coefficient (Wildman–Crippen LogP) is 2.42. The molecule has 0 heterocycles. The minimum atomic E-state index is -4.66. The molecule has 0 aliphatic carbocycles. The van der Waals surface area contributed by atoms with Gasteiger partial charge in [0.05, 0.1) is 23.7 Å². The van der Waals surface area contributed by atoms with Crippen molar-refractivity contribution in [1.82, 2.24) is 4.31 Å². The fraction of sp³-hybridized carbons (Fsp3) is 0.500. The Balaban J connectivity index is 3.11. The first-order valence-corrected chi connectivity index (χ1v) is 9.62. The number of sulfonamides is 1. The Morgan fingerprint density at radius 3 is 2.38 bits per heavy atom. The summed E-state index contributed by atoms with van der Waals surface area (Å²) in [6.45, 7) is 3.09. The highest BCUT2D eigenvalue weighted by Gasteiger charge is 2.35. The number of benzene rings is 1. The lowest BCUT2D eigenvalue weighted by atomic mass is 10.1. The number of primary amides is 1. The Bertz CT molecular complexity index is 676. The van der Waals surface area contributed by atoms with Gasteiger partial charge in [-0.25, -0.2) is 8.42 Å². The fourth-order valence-electron chi connectivity index (χ4n) is 1.84. The topological polar surface area (TPSA) is 80.5 Å². The van der Waals surface area contributed by atoms with E-state index in [0.29, 0.717) is 0 Å². The summed E-state index contributed by atoms with van der Waals surface area (Å²) < 4.78 is 64.7. The van der Waals surface area contributed by atoms with Gasteiger partial charge in [-0.3, -0.25) is 4.79 Å². The molecule has 2 N–H and O–H groups in total. The van der Waals surface area contributed by atoms with E-state index in [4.69, 9.17) is 5.73 Å². The van der Waals surface area contributed by atoms with Crippen molar-refractivity contribution in [1.29, 1.82) is 0 Å². The van der Waals surface area contributed by atoms with Crippen molar-refractivity contribution in [3.05, 3.63) is 35.4 Å². The van der Waals surface area contributed by atoms with Crippen LogP contribution in [0.15, 0.2) is 24.3 Å². The molecule has 0 bridgehead atoms. The summed E-state index contributed by atoms with van der Waals surface area (Å²) >= 11 is 1.25. The van der Waals surface area contributed by atoms with Crippen LogP contribution in [0.3, 0.4) is 0 Å². The van der Waals surface area contributed by atoms with E-state index in [9.17, 15) is 26.4 Å². The van der Waals surface area contributed by atoms with Crippen molar-refractivity contribution in [2.75, 3.05) is 12.4 Å². The maximum absolute atomic E-state index is 13.0. The van der Waals surface area contributed by atoms with Crippen molar-refractivity contribution in [3.8, 4) is 0 Å². The van der Waals surface area contributed by atoms with Gasteiger partial charge in [0.15, 0.2) is 0 Å². The molecule has 0 spiro atoms. The van der Waals surface area contributed by atoms with Crippen LogP contribution in [0.5, 0.6) is 0 Å². The Hall–Kier alpha value is -1.26. The van der Waals surface area contributed by atoms with Crippen molar-refractivity contribution in [2.24, 2.45) is 5.73 Å². The van der Waals surface area contributed by atoms with Gasteiger partial charge in [-0.1, -0.05) is 32.0 Å². The van der Waals surface area contributed by atoms with Crippen LogP contribution in [-0.2, 0) is 26.7 Å². The van der Waals surface area contributed by atoms with E-state index in [1.54, 1.807) is 0 Å². The minimum absolute atomic E-state index is 0.0584. The first-order valence-electron chi connectivity index (χ1n) is 6.96. The Labute approximate surface area is 143 Å². The van der Waals surface area contributed by atoms with Gasteiger partial charge in [0.1, 0.15) is 0 Å². The summed E-state index contributed by atoms with van der Waals surface area (Å²) in [5.41, 5.74) is 3.68. The molecule has 0 aliphatic rings. The summed E-state index contributed by atoms with van der Waals surface area (Å²) in [4.78, 5) is 11.1. The highest BCUT2D eigenvalue weighted by molar-refractivity contribution is 8.00. The van der Waals surface area contributed by atoms with Gasteiger partial charge in [0, 0.05) is 5.25 Å². The van der Waals surface area contributed by atoms with E-state index in [2.05, 4.69) is 0 Å². The van der Waals surface area contributed by atoms with E-state index in [1.165, 1.54) is 23.9 Å². The van der Waals surface area contributed by atoms with Crippen LogP contribution >= 0.6 is 11.8 Å². The maximum Gasteiger partial charge on any atom is 0.416 e. The molecule has 1 aromatic rings. The number of amides is 1. The molecule has 0 atom stereocenters. The summed E-state index contributed by atoms with van der Waals surface area (Å²) in [5.74, 6) is -1.78. The molecule has 136 valence electrons. The molecule has 0 aromatic heterocycles. The zero-order valence-electron chi connectivity index (χ0n) is 13.2. The largest absolute Gasteiger partial charge is 0.416 e. The van der Waals surface area contributed by atoms with E-state index in [1.807, 2.05) is 13.8 Å². The molecule has 1 aromatic carbocycles. The first-order chi connectivity index (χ1) is 10.9. The molecular weight excluding hydrogens is 365 g/mol. The average molecular weight is 384 g/mol. The molecule has 0 saturated carbocycles. The number of nitrogens with zero attached hydrogens (tertiary/aromatic N) is 1. The monoisotopic (exact) mass is 384 g/mol. The highest BCUT2D eigenvalue weighted by atomic mass is 32.2. The number of rotatable bonds is 8. The van der Waals surface area contributed by atoms with Gasteiger partial charge < -0.3 is 5.73 Å². The van der Waals surface area contributed by atoms with E-state index >= 15 is 0 Å². The first kappa shape index (κ1) is 20.8. The molecule has 24 heavy (non-hydrogen) atoms. The Kier molecular flexibility index (Phi) is 7.11. The number of thioether (sulfide) groups is 1. The number of nitrogens with two attached hydrogens (primary N) is 1. The summed E-state index contributed by atoms with van der Waals surface area (Å²) in [6, 6.07) is 4.46. The predicted molar refractivity (Wildman–Crippen MR) is 87.6 cm³/mol. The Morgan fingerprint density at radius 1 is 1.29 bits per heavy atom. The van der Waals surface area contributed by atoms with Crippen molar-refractivity contribution in [2.45, 2.75) is 31.0 Å². The van der Waals surface area contributed by atoms with Crippen LogP contribution in [0.4, 0.5) is 13.2 Å². The third kappa shape index (κ3) is 6.33. The smallest absolute Gasteiger partial charge is 0.369 e. The van der Waals surface area contributed by atoms with Gasteiger partial charge in [-0.2, -0.15) is 17.5 Å². The van der Waals surface area contributed by atoms with Crippen LogP contribution in [0, 0.1) is 0 Å². The number of carbonyl (C=O) groups excluding carboxylic acids is 1. The molecular formula is C14H19F3N2O3S2. The fourth-order valence-corrected chi connectivity index (χ4v) is 4.37. The lowest BCUT2D eigenvalue weighted by Gasteiger charge is -2.22. The van der Waals surface area contributed by atoms with E-state index in [0.717, 1.165) is 16.4 Å². The SMILES string of the molecule is CC(C)SCN(CC(N)=O)S(=O)(=O)Cc1ccccc1C(F)(F)F. The molecule has 1 rings (SSSR count). The lowest BCUT2D eigenvalue weighted by molar-refractivity contribution is -0.138. The number of hydrogen-bond donors (Lipinski definition) is 1. The van der Waals surface area contributed by atoms with Gasteiger partial charge >= 0.3 is 6.18 Å². The summed E-state index contributed by atoms with van der Waals surface area (Å²) in [6.07, 6.45) is -4.66. The van der Waals surface area contributed by atoms with Gasteiger partial charge in [-0.05, 0) is 11.6 Å². The van der Waals surface area contributed by atoms with Crippen molar-refractivity contribution in [3.63, 3.8) is 0 Å². The number of hydrogen-bond acceptors (Lipinski definition) is 4. The summed E-state index contributed by atoms with van der Waals surface area (Å²) in [7, 11) is -4.14. The van der Waals surface area contributed by atoms with Crippen LogP contribution < -0.4 is 5.73 Å². The average Bonchev–Trinajstić information content (AvgIpc) is 2.41. The van der Waals surface area contributed by atoms with E-state index in [-0.39, 0.29) is 16.7 Å². The van der Waals surface area contributed by atoms with Crippen LogP contribution in [0.25, 0.3) is 0 Å². The Morgan fingerprint density at radius 2 is 1.88 bits per heavy atom. The molecule has 1 amide bonds. The quantitative estimate of drug-likeness (QED) is 0.698. The second kappa shape index (κ2) is 8.21. The summed E-state index contributed by atoms with van der Waals surface area (Å²) in [5, 5.41) is 0.0815. The third-order valence-corrected chi connectivity index (χ3v) is 5.95. The molecule has 0 radical (unpaired) electrons. The molecule has 0 saturated heterocycles. The van der Waals surface area contributed by atoms with Crippen LogP contribution in [0.2, 0.25) is 0 Å². The second-order valence-electron chi connectivity index (χ2n) is 5.33. The molecule has 0 aliphatic heterocycles. The standard InChI is InChI=1S/C14H19F3N2O3S2/c1-10(2)23-9-19(7-13(18)20)24(21,22)8-11-5-3-4-6-12(11)14(15,16)17/h3-6,10H,7-9H2,1-2H3,(H2,18,20). The van der Waals surface area contributed by atoms with Crippen molar-refractivity contribution >= 4 is 27.7 Å². The van der Waals surface area contributed by atoms with E-state index < -0.39 is 40.0 Å². The normalized spacial score (nSPS) is 12.8. The highest BCUT2D eigenvalue weighted by Crippen LogP contribution is 2.33. The number of halogens is 3. The minimum Gasteiger partial charge on any atom is -0.369 e. The lowest BCUT2D eigenvalue weighted by Crippen LogP contribution is -2.39. The molecule has 0 fully saturated rings. The van der Waals surface area contributed by atoms with Gasteiger partial charge in [0.25, 0.3) is 0 Å². The zero-order chi connectivity index (χ0) is 18.5. The molecule has 0 unspecified atom stereocenters. The third-order valence-electron chi connectivity index (χ3n) is 2.94. The van der Waals surface area contributed by atoms with Crippen LogP contribution in [0.1, 0.15) is 25.0 Å². The zero-order valence-corrected chi connectivity index (χ0v) is 14.8. The number of alkyl halides is 3. The molecule has 5 nitrogen and oxygen atoms in total. The van der Waals surface area contributed by atoms with Gasteiger partial charge in [-0.15, -0.1) is 11.8 Å². The number of carbonyl (C=O) groups is 1.